The lowest BCUT2D eigenvalue weighted by Crippen LogP contribution is -2.29. The zero-order valence-corrected chi connectivity index (χ0v) is 12.3. The minimum absolute atomic E-state index is 0.110. The highest BCUT2D eigenvalue weighted by Crippen LogP contribution is 2.23. The van der Waals surface area contributed by atoms with Crippen molar-refractivity contribution in [3.8, 4) is 5.88 Å². The van der Waals surface area contributed by atoms with Gasteiger partial charge in [-0.15, -0.1) is 0 Å². The SMILES string of the molecule is C=CC(=O)N(Cc1cc2n(n1)CCCO2)c1ccc(F)c(F)c1. The Morgan fingerprint density at radius 2 is 2.22 bits per heavy atom. The fourth-order valence-corrected chi connectivity index (χ4v) is 2.42. The van der Waals surface area contributed by atoms with Gasteiger partial charge in [0.2, 0.25) is 5.88 Å². The molecule has 5 nitrogen and oxygen atoms in total. The molecular formula is C16H15F2N3O2. The number of hydrogen-bond acceptors (Lipinski definition) is 3. The van der Waals surface area contributed by atoms with Crippen molar-refractivity contribution in [1.29, 1.82) is 0 Å². The first kappa shape index (κ1) is 15.2. The van der Waals surface area contributed by atoms with Crippen LogP contribution in [0.4, 0.5) is 14.5 Å². The van der Waals surface area contributed by atoms with E-state index in [0.717, 1.165) is 31.2 Å². The molecule has 1 aromatic heterocycles. The third-order valence-electron chi connectivity index (χ3n) is 3.53. The van der Waals surface area contributed by atoms with Gasteiger partial charge in [-0.3, -0.25) is 4.79 Å². The standard InChI is InChI=1S/C16H15F2N3O2/c1-2-15(22)20(12-4-5-13(17)14(18)9-12)10-11-8-16-21(19-11)6-3-7-23-16/h2,4-5,8-9H,1,3,6-7,10H2. The molecule has 0 atom stereocenters. The molecule has 0 unspecified atom stereocenters. The number of fused-ring (bicyclic) bond motifs is 1. The summed E-state index contributed by atoms with van der Waals surface area (Å²) >= 11 is 0. The van der Waals surface area contributed by atoms with Crippen LogP contribution in [-0.2, 0) is 17.9 Å². The minimum atomic E-state index is -1.02. The number of carbonyl (C=O) groups excluding carboxylic acids is 1. The van der Waals surface area contributed by atoms with Crippen molar-refractivity contribution in [2.24, 2.45) is 0 Å². The van der Waals surface area contributed by atoms with Gasteiger partial charge in [0.25, 0.3) is 5.91 Å². The fraction of sp³-hybridized carbons (Fsp3) is 0.250. The smallest absolute Gasteiger partial charge is 0.250 e. The highest BCUT2D eigenvalue weighted by Gasteiger charge is 2.19. The molecule has 0 saturated heterocycles. The number of benzene rings is 1. The van der Waals surface area contributed by atoms with Gasteiger partial charge in [0.05, 0.1) is 18.8 Å². The van der Waals surface area contributed by atoms with E-state index < -0.39 is 17.5 Å². The van der Waals surface area contributed by atoms with Gasteiger partial charge >= 0.3 is 0 Å². The summed E-state index contributed by atoms with van der Waals surface area (Å²) in [6, 6.07) is 5.04. The van der Waals surface area contributed by atoms with E-state index >= 15 is 0 Å². The van der Waals surface area contributed by atoms with E-state index in [2.05, 4.69) is 11.7 Å². The maximum absolute atomic E-state index is 13.5. The average molecular weight is 319 g/mol. The highest BCUT2D eigenvalue weighted by molar-refractivity contribution is 6.00. The Bertz CT molecular complexity index is 734. The van der Waals surface area contributed by atoms with Crippen LogP contribution in [0.25, 0.3) is 0 Å². The molecule has 0 saturated carbocycles. The minimum Gasteiger partial charge on any atom is -0.478 e. The maximum atomic E-state index is 13.5. The summed E-state index contributed by atoms with van der Waals surface area (Å²) in [4.78, 5) is 13.4. The van der Waals surface area contributed by atoms with Gasteiger partial charge < -0.3 is 9.64 Å². The number of aromatic nitrogens is 2. The van der Waals surface area contributed by atoms with Crippen LogP contribution >= 0.6 is 0 Å². The lowest BCUT2D eigenvalue weighted by Gasteiger charge is -2.20. The first-order valence-corrected chi connectivity index (χ1v) is 7.17. The molecule has 3 rings (SSSR count). The number of carbonyl (C=O) groups is 1. The molecule has 120 valence electrons. The van der Waals surface area contributed by atoms with Gasteiger partial charge in [-0.25, -0.2) is 13.5 Å². The summed E-state index contributed by atoms with van der Waals surface area (Å²) in [5.41, 5.74) is 0.836. The molecule has 2 aromatic rings. The predicted molar refractivity (Wildman–Crippen MR) is 80.1 cm³/mol. The lowest BCUT2D eigenvalue weighted by molar-refractivity contribution is -0.114. The summed E-state index contributed by atoms with van der Waals surface area (Å²) in [6.45, 7) is 4.93. The number of aryl methyl sites for hydroxylation is 1. The Hall–Kier alpha value is -2.70. The number of amides is 1. The van der Waals surface area contributed by atoms with Crippen molar-refractivity contribution in [2.45, 2.75) is 19.5 Å². The molecule has 2 heterocycles. The van der Waals surface area contributed by atoms with Gasteiger partial charge in [0.15, 0.2) is 11.6 Å². The van der Waals surface area contributed by atoms with Crippen LogP contribution in [-0.4, -0.2) is 22.3 Å². The number of nitrogens with zero attached hydrogens (tertiary/aromatic N) is 3. The zero-order valence-electron chi connectivity index (χ0n) is 12.3. The van der Waals surface area contributed by atoms with Crippen LogP contribution in [0.3, 0.4) is 0 Å². The summed E-state index contributed by atoms with van der Waals surface area (Å²) in [6.07, 6.45) is 1.99. The van der Waals surface area contributed by atoms with E-state index in [-0.39, 0.29) is 12.2 Å². The van der Waals surface area contributed by atoms with Crippen LogP contribution < -0.4 is 9.64 Å². The van der Waals surface area contributed by atoms with E-state index in [4.69, 9.17) is 4.74 Å². The Morgan fingerprint density at radius 1 is 1.39 bits per heavy atom. The summed E-state index contributed by atoms with van der Waals surface area (Å²) in [5.74, 6) is -1.77. The average Bonchev–Trinajstić information content (AvgIpc) is 2.97. The van der Waals surface area contributed by atoms with E-state index in [1.54, 1.807) is 10.7 Å². The summed E-state index contributed by atoms with van der Waals surface area (Å²) in [7, 11) is 0. The Balaban J connectivity index is 1.90. The van der Waals surface area contributed by atoms with Crippen molar-refractivity contribution in [3.05, 3.63) is 54.2 Å². The summed E-state index contributed by atoms with van der Waals surface area (Å²) < 4.78 is 33.8. The topological polar surface area (TPSA) is 47.4 Å². The molecule has 0 N–H and O–H groups in total. The Kier molecular flexibility index (Phi) is 4.10. The van der Waals surface area contributed by atoms with Crippen LogP contribution in [0.2, 0.25) is 0 Å². The molecular weight excluding hydrogens is 304 g/mol. The van der Waals surface area contributed by atoms with Crippen molar-refractivity contribution in [1.82, 2.24) is 9.78 Å². The van der Waals surface area contributed by atoms with Gasteiger partial charge in [0.1, 0.15) is 0 Å². The van der Waals surface area contributed by atoms with Crippen molar-refractivity contribution >= 4 is 11.6 Å². The number of rotatable bonds is 4. The van der Waals surface area contributed by atoms with Crippen LogP contribution in [0.1, 0.15) is 12.1 Å². The Morgan fingerprint density at radius 3 is 2.91 bits per heavy atom. The van der Waals surface area contributed by atoms with Crippen LogP contribution in [0.15, 0.2) is 36.9 Å². The normalized spacial score (nSPS) is 13.1. The van der Waals surface area contributed by atoms with E-state index in [1.807, 2.05) is 0 Å². The second-order valence-electron chi connectivity index (χ2n) is 5.13. The van der Waals surface area contributed by atoms with Crippen molar-refractivity contribution < 1.29 is 18.3 Å². The molecule has 0 aliphatic carbocycles. The number of hydrogen-bond donors (Lipinski definition) is 0. The molecule has 0 bridgehead atoms. The summed E-state index contributed by atoms with van der Waals surface area (Å²) in [5, 5.41) is 4.37. The number of halogens is 2. The molecule has 23 heavy (non-hydrogen) atoms. The monoisotopic (exact) mass is 319 g/mol. The second kappa shape index (κ2) is 6.20. The number of ether oxygens (including phenoxy) is 1. The first-order valence-electron chi connectivity index (χ1n) is 7.17. The molecule has 1 aliphatic heterocycles. The first-order chi connectivity index (χ1) is 11.1. The molecule has 0 fully saturated rings. The largest absolute Gasteiger partial charge is 0.478 e. The molecule has 0 radical (unpaired) electrons. The van der Waals surface area contributed by atoms with E-state index in [0.29, 0.717) is 18.2 Å². The molecule has 1 aliphatic rings. The van der Waals surface area contributed by atoms with E-state index in [9.17, 15) is 13.6 Å². The number of anilines is 1. The predicted octanol–water partition coefficient (Wildman–Crippen LogP) is 2.66. The molecule has 1 aromatic carbocycles. The van der Waals surface area contributed by atoms with Gasteiger partial charge in [0, 0.05) is 30.8 Å². The molecule has 7 heteroatoms. The van der Waals surface area contributed by atoms with Crippen LogP contribution in [0.5, 0.6) is 5.88 Å². The maximum Gasteiger partial charge on any atom is 0.250 e. The van der Waals surface area contributed by atoms with Gasteiger partial charge in [-0.2, -0.15) is 5.10 Å². The lowest BCUT2D eigenvalue weighted by atomic mass is 10.2. The van der Waals surface area contributed by atoms with Crippen molar-refractivity contribution in [2.75, 3.05) is 11.5 Å². The van der Waals surface area contributed by atoms with E-state index in [1.165, 1.54) is 11.0 Å². The van der Waals surface area contributed by atoms with Gasteiger partial charge in [-0.05, 0) is 18.2 Å². The van der Waals surface area contributed by atoms with Crippen molar-refractivity contribution in [3.63, 3.8) is 0 Å². The molecule has 1 amide bonds. The highest BCUT2D eigenvalue weighted by atomic mass is 19.2. The van der Waals surface area contributed by atoms with Crippen LogP contribution in [0, 0.1) is 11.6 Å². The Labute approximate surface area is 131 Å². The third-order valence-corrected chi connectivity index (χ3v) is 3.53. The fourth-order valence-electron chi connectivity index (χ4n) is 2.42. The quantitative estimate of drug-likeness (QED) is 0.814. The third kappa shape index (κ3) is 3.08. The zero-order chi connectivity index (χ0) is 16.4. The second-order valence-corrected chi connectivity index (χ2v) is 5.13. The van der Waals surface area contributed by atoms with Gasteiger partial charge in [-0.1, -0.05) is 6.58 Å². The molecule has 0 spiro atoms.